The summed E-state index contributed by atoms with van der Waals surface area (Å²) in [5, 5.41) is 15.6. The number of hydrogen-bond acceptors (Lipinski definition) is 7. The Morgan fingerprint density at radius 2 is 1.82 bits per heavy atom. The van der Waals surface area contributed by atoms with Gasteiger partial charge in [0.15, 0.2) is 17.3 Å². The number of aromatic nitrogens is 1. The first-order chi connectivity index (χ1) is 15.9. The van der Waals surface area contributed by atoms with E-state index in [1.807, 2.05) is 38.1 Å². The van der Waals surface area contributed by atoms with E-state index < -0.39 is 5.91 Å². The van der Waals surface area contributed by atoms with Crippen LogP contribution in [0.25, 0.3) is 6.08 Å². The van der Waals surface area contributed by atoms with Crippen LogP contribution in [0.4, 0.5) is 5.82 Å². The van der Waals surface area contributed by atoms with E-state index in [1.54, 1.807) is 31.2 Å². The summed E-state index contributed by atoms with van der Waals surface area (Å²) < 4.78 is 21.9. The average Bonchev–Trinajstić information content (AvgIpc) is 3.21. The molecular weight excluding hydrogens is 422 g/mol. The van der Waals surface area contributed by atoms with Crippen molar-refractivity contribution in [3.63, 3.8) is 0 Å². The molecule has 3 aromatic rings. The summed E-state index contributed by atoms with van der Waals surface area (Å²) in [6.45, 7) is 6.40. The molecule has 0 radical (unpaired) electrons. The second-order valence-corrected chi connectivity index (χ2v) is 7.32. The SMILES string of the molecule is COc1cc(/C=C(/C#N)C(=O)Nc2cc(C)on2)ccc1OCCOc1cc(C)ccc1C. The first kappa shape index (κ1) is 23.4. The van der Waals surface area contributed by atoms with Crippen LogP contribution >= 0.6 is 0 Å². The summed E-state index contributed by atoms with van der Waals surface area (Å²) in [6, 6.07) is 14.6. The van der Waals surface area contributed by atoms with E-state index in [-0.39, 0.29) is 11.4 Å². The zero-order valence-corrected chi connectivity index (χ0v) is 19.0. The molecule has 2 aromatic carbocycles. The number of rotatable bonds is 9. The van der Waals surface area contributed by atoms with Crippen LogP contribution in [0.3, 0.4) is 0 Å². The van der Waals surface area contributed by atoms with Gasteiger partial charge < -0.3 is 24.1 Å². The van der Waals surface area contributed by atoms with Gasteiger partial charge in [-0.05, 0) is 61.7 Å². The van der Waals surface area contributed by atoms with E-state index in [4.69, 9.17) is 18.7 Å². The molecule has 1 heterocycles. The molecule has 0 aliphatic carbocycles. The molecule has 1 amide bonds. The molecule has 8 heteroatoms. The molecule has 1 aromatic heterocycles. The highest BCUT2D eigenvalue weighted by atomic mass is 16.5. The van der Waals surface area contributed by atoms with Crippen LogP contribution in [0.1, 0.15) is 22.5 Å². The van der Waals surface area contributed by atoms with Gasteiger partial charge >= 0.3 is 0 Å². The maximum atomic E-state index is 12.4. The van der Waals surface area contributed by atoms with Crippen LogP contribution < -0.4 is 19.5 Å². The van der Waals surface area contributed by atoms with Crippen LogP contribution in [0.5, 0.6) is 17.2 Å². The Hall–Kier alpha value is -4.25. The van der Waals surface area contributed by atoms with Crippen molar-refractivity contribution < 1.29 is 23.5 Å². The summed E-state index contributed by atoms with van der Waals surface area (Å²) >= 11 is 0. The third-order valence-electron chi connectivity index (χ3n) is 4.68. The van der Waals surface area contributed by atoms with Gasteiger partial charge in [-0.3, -0.25) is 4.79 Å². The number of hydrogen-bond donors (Lipinski definition) is 1. The molecule has 0 aliphatic heterocycles. The topological polar surface area (TPSA) is 107 Å². The van der Waals surface area contributed by atoms with Gasteiger partial charge in [0.05, 0.1) is 7.11 Å². The number of ether oxygens (including phenoxy) is 3. The third kappa shape index (κ3) is 6.37. The number of nitrogens with one attached hydrogen (secondary N) is 1. The largest absolute Gasteiger partial charge is 0.493 e. The van der Waals surface area contributed by atoms with Gasteiger partial charge in [0, 0.05) is 6.07 Å². The highest BCUT2D eigenvalue weighted by Gasteiger charge is 2.13. The number of methoxy groups -OCH3 is 1. The highest BCUT2D eigenvalue weighted by molar-refractivity contribution is 6.09. The fourth-order valence-electron chi connectivity index (χ4n) is 2.98. The summed E-state index contributed by atoms with van der Waals surface area (Å²) in [5.41, 5.74) is 2.70. The summed E-state index contributed by atoms with van der Waals surface area (Å²) in [7, 11) is 1.52. The lowest BCUT2D eigenvalue weighted by atomic mass is 10.1. The summed E-state index contributed by atoms with van der Waals surface area (Å²) in [5.74, 6) is 2.03. The smallest absolute Gasteiger partial charge is 0.267 e. The van der Waals surface area contributed by atoms with E-state index in [2.05, 4.69) is 10.5 Å². The number of carbonyl (C=O) groups is 1. The minimum absolute atomic E-state index is 0.0895. The third-order valence-corrected chi connectivity index (χ3v) is 4.68. The molecule has 0 fully saturated rings. The molecule has 0 saturated heterocycles. The normalized spacial score (nSPS) is 10.9. The summed E-state index contributed by atoms with van der Waals surface area (Å²) in [4.78, 5) is 12.4. The lowest BCUT2D eigenvalue weighted by Gasteiger charge is -2.13. The fraction of sp³-hybridized carbons (Fsp3) is 0.240. The van der Waals surface area contributed by atoms with Crippen LogP contribution in [0.2, 0.25) is 0 Å². The maximum Gasteiger partial charge on any atom is 0.267 e. The second-order valence-electron chi connectivity index (χ2n) is 7.32. The van der Waals surface area contributed by atoms with Gasteiger partial charge in [0.25, 0.3) is 5.91 Å². The molecule has 0 saturated carbocycles. The van der Waals surface area contributed by atoms with Crippen molar-refractivity contribution in [3.05, 3.63) is 70.5 Å². The molecule has 8 nitrogen and oxygen atoms in total. The fourth-order valence-corrected chi connectivity index (χ4v) is 2.98. The lowest BCUT2D eigenvalue weighted by Crippen LogP contribution is -2.13. The Labute approximate surface area is 192 Å². The van der Waals surface area contributed by atoms with Crippen LogP contribution in [-0.4, -0.2) is 31.4 Å². The Morgan fingerprint density at radius 3 is 2.48 bits per heavy atom. The molecule has 170 valence electrons. The van der Waals surface area contributed by atoms with Crippen LogP contribution in [0, 0.1) is 32.1 Å². The lowest BCUT2D eigenvalue weighted by molar-refractivity contribution is -0.112. The number of nitriles is 1. The Kier molecular flexibility index (Phi) is 7.71. The zero-order chi connectivity index (χ0) is 23.8. The molecule has 0 bridgehead atoms. The van der Waals surface area contributed by atoms with Crippen molar-refractivity contribution in [2.45, 2.75) is 20.8 Å². The number of carbonyl (C=O) groups excluding carboxylic acids is 1. The predicted molar refractivity (Wildman–Crippen MR) is 123 cm³/mol. The standard InChI is InChI=1S/C25H25N3O5/c1-16-5-6-17(2)22(11-16)32-10-9-31-21-8-7-19(14-23(21)30-4)13-20(15-26)25(29)27-24-12-18(3)33-28-24/h5-8,11-14H,9-10H2,1-4H3,(H,27,28,29)/b20-13-. The van der Waals surface area contributed by atoms with E-state index >= 15 is 0 Å². The first-order valence-corrected chi connectivity index (χ1v) is 10.3. The van der Waals surface area contributed by atoms with Crippen molar-refractivity contribution in [2.24, 2.45) is 0 Å². The van der Waals surface area contributed by atoms with E-state index in [0.717, 1.165) is 16.9 Å². The van der Waals surface area contributed by atoms with Crippen LogP contribution in [0.15, 0.2) is 52.6 Å². The zero-order valence-electron chi connectivity index (χ0n) is 19.0. The molecule has 1 N–H and O–H groups in total. The van der Waals surface area contributed by atoms with Crippen molar-refractivity contribution in [3.8, 4) is 23.3 Å². The molecular formula is C25H25N3O5. The van der Waals surface area contributed by atoms with E-state index in [9.17, 15) is 10.1 Å². The molecule has 33 heavy (non-hydrogen) atoms. The van der Waals surface area contributed by atoms with Gasteiger partial charge in [-0.15, -0.1) is 0 Å². The number of benzene rings is 2. The Morgan fingerprint density at radius 1 is 1.06 bits per heavy atom. The number of anilines is 1. The van der Waals surface area contributed by atoms with Gasteiger partial charge in [0.1, 0.15) is 36.4 Å². The first-order valence-electron chi connectivity index (χ1n) is 10.3. The van der Waals surface area contributed by atoms with Gasteiger partial charge in [0.2, 0.25) is 0 Å². The van der Waals surface area contributed by atoms with Crippen molar-refractivity contribution in [1.82, 2.24) is 5.16 Å². The highest BCUT2D eigenvalue weighted by Crippen LogP contribution is 2.29. The molecule has 3 rings (SSSR count). The predicted octanol–water partition coefficient (Wildman–Crippen LogP) is 4.61. The van der Waals surface area contributed by atoms with E-state index in [1.165, 1.54) is 13.2 Å². The number of aryl methyl sites for hydroxylation is 3. The monoisotopic (exact) mass is 447 g/mol. The quantitative estimate of drug-likeness (QED) is 0.290. The van der Waals surface area contributed by atoms with Crippen molar-refractivity contribution in [1.29, 1.82) is 5.26 Å². The minimum atomic E-state index is -0.589. The van der Waals surface area contributed by atoms with E-state index in [0.29, 0.717) is 36.0 Å². The minimum Gasteiger partial charge on any atom is -0.493 e. The van der Waals surface area contributed by atoms with Gasteiger partial charge in [-0.1, -0.05) is 23.4 Å². The Bertz CT molecular complexity index is 1210. The number of amides is 1. The molecule has 0 atom stereocenters. The van der Waals surface area contributed by atoms with Crippen LogP contribution in [-0.2, 0) is 4.79 Å². The second kappa shape index (κ2) is 10.9. The van der Waals surface area contributed by atoms with Crippen molar-refractivity contribution in [2.75, 3.05) is 25.6 Å². The maximum absolute atomic E-state index is 12.4. The van der Waals surface area contributed by atoms with Gasteiger partial charge in [-0.25, -0.2) is 0 Å². The Balaban J connectivity index is 1.63. The molecule has 0 aliphatic rings. The van der Waals surface area contributed by atoms with Gasteiger partial charge in [-0.2, -0.15) is 5.26 Å². The molecule has 0 spiro atoms. The number of nitrogens with zero attached hydrogens (tertiary/aromatic N) is 2. The average molecular weight is 447 g/mol. The molecule has 0 unspecified atom stereocenters. The van der Waals surface area contributed by atoms with Crippen molar-refractivity contribution >= 4 is 17.8 Å². The summed E-state index contributed by atoms with van der Waals surface area (Å²) in [6.07, 6.45) is 1.46.